The van der Waals surface area contributed by atoms with Crippen LogP contribution in [0.1, 0.15) is 62.2 Å². The lowest BCUT2D eigenvalue weighted by molar-refractivity contribution is 0.0955. The van der Waals surface area contributed by atoms with Crippen LogP contribution in [-0.4, -0.2) is 43.2 Å². The Kier molecular flexibility index (Phi) is 6.81. The number of benzene rings is 1. The van der Waals surface area contributed by atoms with Gasteiger partial charge in [0.2, 0.25) is 15.6 Å². The fourth-order valence-electron chi connectivity index (χ4n) is 4.66. The van der Waals surface area contributed by atoms with Gasteiger partial charge in [0.15, 0.2) is 0 Å². The van der Waals surface area contributed by atoms with Crippen LogP contribution in [0, 0.1) is 5.92 Å². The number of nitrogens with one attached hydrogen (secondary N) is 2. The summed E-state index contributed by atoms with van der Waals surface area (Å²) in [6, 6.07) is 5.83. The van der Waals surface area contributed by atoms with Crippen molar-refractivity contribution in [2.24, 2.45) is 5.92 Å². The van der Waals surface area contributed by atoms with Gasteiger partial charge in [-0.25, -0.2) is 8.42 Å². The highest BCUT2D eigenvalue weighted by atomic mass is 32.2. The number of rotatable bonds is 6. The predicted octanol–water partition coefficient (Wildman–Crippen LogP) is 3.57. The fraction of sp³-hybridized carbons (Fsp3) is 0.500. The molecule has 2 aromatic rings. The minimum atomic E-state index is -3.67. The summed E-state index contributed by atoms with van der Waals surface area (Å²) in [6.45, 7) is 3.54. The van der Waals surface area contributed by atoms with Gasteiger partial charge in [0.25, 0.3) is 5.91 Å². The number of nitrogens with zero attached hydrogens (tertiary/aromatic N) is 1. The summed E-state index contributed by atoms with van der Waals surface area (Å²) in [7, 11) is -3.67. The molecule has 0 spiro atoms. The van der Waals surface area contributed by atoms with E-state index in [9.17, 15) is 18.0 Å². The number of aromatic amines is 1. The van der Waals surface area contributed by atoms with Crippen molar-refractivity contribution in [3.63, 3.8) is 0 Å². The number of aromatic nitrogens is 1. The van der Waals surface area contributed by atoms with Gasteiger partial charge in [0.05, 0.1) is 10.5 Å². The average molecular weight is 458 g/mol. The molecule has 0 bridgehead atoms. The maximum atomic E-state index is 13.2. The summed E-state index contributed by atoms with van der Waals surface area (Å²) < 4.78 is 28.0. The van der Waals surface area contributed by atoms with Gasteiger partial charge in [-0.2, -0.15) is 4.31 Å². The standard InChI is InChI=1S/C24H31N3O4S/c1-17-6-5-13-27(16-17)32(30,31)19-9-10-22-20(14-19)21(15-23(28)26-22)24(29)25-12-11-18-7-3-2-4-8-18/h7,9-10,14-15,17H,2-6,8,11-13,16H2,1H3,(H,25,29)(H,26,28)/t17-/m1/s1. The van der Waals surface area contributed by atoms with Crippen LogP contribution in [0.5, 0.6) is 0 Å². The summed E-state index contributed by atoms with van der Waals surface area (Å²) in [4.78, 5) is 27.9. The van der Waals surface area contributed by atoms with E-state index >= 15 is 0 Å². The quantitative estimate of drug-likeness (QED) is 0.648. The van der Waals surface area contributed by atoms with Gasteiger partial charge in [-0.3, -0.25) is 9.59 Å². The van der Waals surface area contributed by atoms with Gasteiger partial charge in [-0.05, 0) is 69.1 Å². The summed E-state index contributed by atoms with van der Waals surface area (Å²) in [5.74, 6) is -0.0467. The van der Waals surface area contributed by atoms with Crippen LogP contribution in [-0.2, 0) is 10.0 Å². The molecule has 32 heavy (non-hydrogen) atoms. The molecule has 1 aromatic carbocycles. The van der Waals surface area contributed by atoms with Gasteiger partial charge in [0, 0.05) is 36.6 Å². The monoisotopic (exact) mass is 457 g/mol. The van der Waals surface area contributed by atoms with E-state index in [1.54, 1.807) is 6.07 Å². The molecule has 2 N–H and O–H groups in total. The molecule has 0 radical (unpaired) electrons. The van der Waals surface area contributed by atoms with Crippen LogP contribution in [0.15, 0.2) is 45.6 Å². The number of hydrogen-bond acceptors (Lipinski definition) is 4. The lowest BCUT2D eigenvalue weighted by atomic mass is 9.97. The second-order valence-electron chi connectivity index (χ2n) is 8.98. The second-order valence-corrected chi connectivity index (χ2v) is 10.9. The van der Waals surface area contributed by atoms with E-state index in [-0.39, 0.29) is 16.4 Å². The van der Waals surface area contributed by atoms with E-state index in [2.05, 4.69) is 23.3 Å². The van der Waals surface area contributed by atoms with E-state index < -0.39 is 15.6 Å². The third-order valence-corrected chi connectivity index (χ3v) is 8.29. The molecule has 1 aromatic heterocycles. The predicted molar refractivity (Wildman–Crippen MR) is 125 cm³/mol. The van der Waals surface area contributed by atoms with Gasteiger partial charge in [-0.15, -0.1) is 0 Å². The molecule has 1 aliphatic carbocycles. The zero-order chi connectivity index (χ0) is 22.7. The Morgan fingerprint density at radius 1 is 1.22 bits per heavy atom. The number of sulfonamides is 1. The van der Waals surface area contributed by atoms with Crippen molar-refractivity contribution in [1.29, 1.82) is 0 Å². The molecule has 1 saturated heterocycles. The average Bonchev–Trinajstić information content (AvgIpc) is 2.78. The first-order valence-corrected chi connectivity index (χ1v) is 12.9. The normalized spacial score (nSPS) is 20.2. The van der Waals surface area contributed by atoms with Crippen molar-refractivity contribution in [2.75, 3.05) is 19.6 Å². The van der Waals surface area contributed by atoms with Crippen molar-refractivity contribution in [1.82, 2.24) is 14.6 Å². The number of pyridine rings is 1. The fourth-order valence-corrected chi connectivity index (χ4v) is 6.28. The topological polar surface area (TPSA) is 99.3 Å². The molecule has 1 amide bonds. The molecule has 0 saturated carbocycles. The number of fused-ring (bicyclic) bond motifs is 1. The zero-order valence-electron chi connectivity index (χ0n) is 18.5. The van der Waals surface area contributed by atoms with E-state index in [0.717, 1.165) is 32.1 Å². The molecule has 172 valence electrons. The third kappa shape index (κ3) is 4.96. The van der Waals surface area contributed by atoms with E-state index in [1.807, 2.05) is 0 Å². The number of hydrogen-bond donors (Lipinski definition) is 2. The Morgan fingerprint density at radius 3 is 2.81 bits per heavy atom. The van der Waals surface area contributed by atoms with Gasteiger partial charge < -0.3 is 10.3 Å². The first kappa shape index (κ1) is 22.7. The Morgan fingerprint density at radius 2 is 2.06 bits per heavy atom. The van der Waals surface area contributed by atoms with Crippen LogP contribution < -0.4 is 10.9 Å². The van der Waals surface area contributed by atoms with Gasteiger partial charge >= 0.3 is 0 Å². The zero-order valence-corrected chi connectivity index (χ0v) is 19.3. The molecule has 7 nitrogen and oxygen atoms in total. The van der Waals surface area contributed by atoms with Crippen LogP contribution >= 0.6 is 0 Å². The maximum absolute atomic E-state index is 13.2. The summed E-state index contributed by atoms with van der Waals surface area (Å²) in [6.07, 6.45) is 9.46. The molecular weight excluding hydrogens is 426 g/mol. The number of carbonyl (C=O) groups excluding carboxylic acids is 1. The summed E-state index contributed by atoms with van der Waals surface area (Å²) >= 11 is 0. The Labute approximate surface area is 188 Å². The van der Waals surface area contributed by atoms with Crippen molar-refractivity contribution in [3.05, 3.63) is 51.8 Å². The number of H-pyrrole nitrogens is 1. The molecule has 2 heterocycles. The van der Waals surface area contributed by atoms with Crippen LogP contribution in [0.3, 0.4) is 0 Å². The number of carbonyl (C=O) groups is 1. The van der Waals surface area contributed by atoms with Crippen LogP contribution in [0.2, 0.25) is 0 Å². The third-order valence-electron chi connectivity index (χ3n) is 6.43. The van der Waals surface area contributed by atoms with E-state index in [4.69, 9.17) is 0 Å². The minimum absolute atomic E-state index is 0.146. The largest absolute Gasteiger partial charge is 0.352 e. The molecule has 1 aliphatic heterocycles. The molecule has 4 rings (SSSR count). The first-order chi connectivity index (χ1) is 15.3. The van der Waals surface area contributed by atoms with Crippen molar-refractivity contribution < 1.29 is 13.2 Å². The lowest BCUT2D eigenvalue weighted by Gasteiger charge is -2.30. The SMILES string of the molecule is C[C@@H]1CCCN(S(=O)(=O)c2ccc3[nH]c(=O)cc(C(=O)NCCC4=CCCCC4)c3c2)C1. The molecule has 2 aliphatic rings. The van der Waals surface area contributed by atoms with E-state index in [1.165, 1.54) is 40.9 Å². The van der Waals surface area contributed by atoms with Crippen LogP contribution in [0.25, 0.3) is 10.9 Å². The van der Waals surface area contributed by atoms with Crippen molar-refractivity contribution in [2.45, 2.75) is 56.8 Å². The molecule has 8 heteroatoms. The lowest BCUT2D eigenvalue weighted by Crippen LogP contribution is -2.39. The highest BCUT2D eigenvalue weighted by molar-refractivity contribution is 7.89. The van der Waals surface area contributed by atoms with Gasteiger partial charge in [0.1, 0.15) is 0 Å². The molecule has 1 fully saturated rings. The molecule has 0 unspecified atom stereocenters. The van der Waals surface area contributed by atoms with Crippen LogP contribution in [0.4, 0.5) is 0 Å². The number of piperidine rings is 1. The second kappa shape index (κ2) is 9.58. The summed E-state index contributed by atoms with van der Waals surface area (Å²) in [5, 5.41) is 3.34. The highest BCUT2D eigenvalue weighted by Gasteiger charge is 2.29. The van der Waals surface area contributed by atoms with Crippen molar-refractivity contribution >= 4 is 26.8 Å². The van der Waals surface area contributed by atoms with Crippen molar-refractivity contribution in [3.8, 4) is 0 Å². The Hall–Kier alpha value is -2.45. The molecular formula is C24H31N3O4S. The first-order valence-electron chi connectivity index (χ1n) is 11.5. The van der Waals surface area contributed by atoms with E-state index in [0.29, 0.717) is 36.5 Å². The summed E-state index contributed by atoms with van der Waals surface area (Å²) in [5.41, 5.74) is 1.61. The smallest absolute Gasteiger partial charge is 0.252 e. The molecule has 1 atom stereocenters. The number of allylic oxidation sites excluding steroid dienone is 1. The minimum Gasteiger partial charge on any atom is -0.352 e. The maximum Gasteiger partial charge on any atom is 0.252 e. The Balaban J connectivity index is 1.60. The highest BCUT2D eigenvalue weighted by Crippen LogP contribution is 2.26. The Bertz CT molecular complexity index is 1200. The number of amides is 1. The van der Waals surface area contributed by atoms with Gasteiger partial charge in [-0.1, -0.05) is 18.6 Å².